The lowest BCUT2D eigenvalue weighted by atomic mass is 9.77. The van der Waals surface area contributed by atoms with Crippen LogP contribution in [0.2, 0.25) is 10.0 Å². The molecule has 2 rings (SSSR count). The lowest BCUT2D eigenvalue weighted by Crippen LogP contribution is -2.52. The molecule has 1 aromatic rings. The molecule has 1 aromatic carbocycles. The highest BCUT2D eigenvalue weighted by atomic mass is 35.5. The van der Waals surface area contributed by atoms with Crippen molar-refractivity contribution in [2.75, 3.05) is 5.88 Å². The molecule has 2 atom stereocenters. The topological polar surface area (TPSA) is 29.1 Å². The van der Waals surface area contributed by atoms with Crippen molar-refractivity contribution in [1.82, 2.24) is 5.32 Å². The van der Waals surface area contributed by atoms with E-state index in [1.165, 1.54) is 6.42 Å². The Balaban J connectivity index is 2.16. The number of carbonyl (C=O) groups is 1. The molecule has 1 fully saturated rings. The van der Waals surface area contributed by atoms with Gasteiger partial charge in [0.15, 0.2) is 0 Å². The van der Waals surface area contributed by atoms with Crippen LogP contribution in [0.15, 0.2) is 18.2 Å². The molecule has 2 nitrogen and oxygen atoms in total. The molecule has 20 heavy (non-hydrogen) atoms. The van der Waals surface area contributed by atoms with Gasteiger partial charge in [-0.05, 0) is 37.0 Å². The second kappa shape index (κ2) is 6.55. The van der Waals surface area contributed by atoms with Crippen LogP contribution in [0.25, 0.3) is 0 Å². The molecule has 1 aliphatic carbocycles. The van der Waals surface area contributed by atoms with Crippen LogP contribution in [0.4, 0.5) is 0 Å². The first-order valence-electron chi connectivity index (χ1n) is 6.79. The lowest BCUT2D eigenvalue weighted by Gasteiger charge is -2.39. The molecule has 5 heteroatoms. The smallest absolute Gasteiger partial charge is 0.253 e. The lowest BCUT2D eigenvalue weighted by molar-refractivity contribution is 0.0867. The van der Waals surface area contributed by atoms with Gasteiger partial charge in [0.2, 0.25) is 0 Å². The van der Waals surface area contributed by atoms with Crippen molar-refractivity contribution in [2.24, 2.45) is 5.92 Å². The van der Waals surface area contributed by atoms with Gasteiger partial charge in [0.05, 0.1) is 16.1 Å². The van der Waals surface area contributed by atoms with Crippen molar-refractivity contribution in [3.63, 3.8) is 0 Å². The third-order valence-electron chi connectivity index (χ3n) is 3.90. The van der Waals surface area contributed by atoms with Gasteiger partial charge in [-0.3, -0.25) is 4.79 Å². The highest BCUT2D eigenvalue weighted by Gasteiger charge is 2.36. The Morgan fingerprint density at radius 1 is 1.45 bits per heavy atom. The minimum Gasteiger partial charge on any atom is -0.345 e. The van der Waals surface area contributed by atoms with Crippen LogP contribution in [-0.2, 0) is 0 Å². The third kappa shape index (κ3) is 3.60. The minimum atomic E-state index is -0.320. The second-order valence-electron chi connectivity index (χ2n) is 5.69. The Hall–Kier alpha value is -0.440. The summed E-state index contributed by atoms with van der Waals surface area (Å²) in [7, 11) is 0. The van der Waals surface area contributed by atoms with Crippen LogP contribution in [0, 0.1) is 5.92 Å². The van der Waals surface area contributed by atoms with Crippen molar-refractivity contribution in [2.45, 2.75) is 38.1 Å². The molecule has 0 bridgehead atoms. The predicted molar refractivity (Wildman–Crippen MR) is 85.0 cm³/mol. The van der Waals surface area contributed by atoms with Crippen LogP contribution in [0.5, 0.6) is 0 Å². The summed E-state index contributed by atoms with van der Waals surface area (Å²) in [4.78, 5) is 12.4. The van der Waals surface area contributed by atoms with Gasteiger partial charge in [-0.15, -0.1) is 11.6 Å². The van der Waals surface area contributed by atoms with E-state index >= 15 is 0 Å². The van der Waals surface area contributed by atoms with Crippen molar-refractivity contribution in [3.05, 3.63) is 33.8 Å². The second-order valence-corrected chi connectivity index (χ2v) is 6.80. The number of carbonyl (C=O) groups excluding carboxylic acids is 1. The zero-order valence-corrected chi connectivity index (χ0v) is 13.7. The van der Waals surface area contributed by atoms with Crippen molar-refractivity contribution >= 4 is 40.7 Å². The Labute approximate surface area is 134 Å². The molecular weight excluding hydrogens is 317 g/mol. The normalized spacial score (nSPS) is 26.3. The predicted octanol–water partition coefficient (Wildman–Crippen LogP) is 4.91. The summed E-state index contributed by atoms with van der Waals surface area (Å²) in [6.45, 7) is 2.20. The Morgan fingerprint density at radius 3 is 2.80 bits per heavy atom. The maximum absolute atomic E-state index is 12.4. The third-order valence-corrected chi connectivity index (χ3v) is 4.96. The highest BCUT2D eigenvalue weighted by molar-refractivity contribution is 6.36. The monoisotopic (exact) mass is 333 g/mol. The van der Waals surface area contributed by atoms with Crippen molar-refractivity contribution in [1.29, 1.82) is 0 Å². The Morgan fingerprint density at radius 2 is 2.20 bits per heavy atom. The zero-order valence-electron chi connectivity index (χ0n) is 11.4. The summed E-state index contributed by atoms with van der Waals surface area (Å²) >= 11 is 18.1. The molecule has 1 aliphatic rings. The van der Waals surface area contributed by atoms with Gasteiger partial charge in [0, 0.05) is 10.9 Å². The summed E-state index contributed by atoms with van der Waals surface area (Å²) in [6, 6.07) is 4.89. The van der Waals surface area contributed by atoms with E-state index in [0.29, 0.717) is 27.4 Å². The molecule has 0 spiro atoms. The van der Waals surface area contributed by atoms with Crippen LogP contribution in [0.3, 0.4) is 0 Å². The van der Waals surface area contributed by atoms with Gasteiger partial charge >= 0.3 is 0 Å². The number of alkyl halides is 1. The maximum atomic E-state index is 12.4. The molecule has 0 heterocycles. The average molecular weight is 335 g/mol. The molecule has 1 N–H and O–H groups in total. The van der Waals surface area contributed by atoms with E-state index in [2.05, 4.69) is 12.2 Å². The van der Waals surface area contributed by atoms with E-state index in [4.69, 9.17) is 34.8 Å². The summed E-state index contributed by atoms with van der Waals surface area (Å²) in [5, 5.41) is 3.97. The molecule has 110 valence electrons. The molecule has 1 amide bonds. The number of rotatable bonds is 3. The van der Waals surface area contributed by atoms with Crippen LogP contribution >= 0.6 is 34.8 Å². The molecule has 0 aromatic heterocycles. The van der Waals surface area contributed by atoms with Crippen LogP contribution in [0.1, 0.15) is 43.0 Å². The maximum Gasteiger partial charge on any atom is 0.253 e. The van der Waals surface area contributed by atoms with Gasteiger partial charge in [0.25, 0.3) is 5.91 Å². The first kappa shape index (κ1) is 15.9. The highest BCUT2D eigenvalue weighted by Crippen LogP contribution is 2.34. The largest absolute Gasteiger partial charge is 0.345 e. The number of hydrogen-bond acceptors (Lipinski definition) is 1. The van der Waals surface area contributed by atoms with Gasteiger partial charge < -0.3 is 5.32 Å². The van der Waals surface area contributed by atoms with E-state index in [1.807, 2.05) is 0 Å². The average Bonchev–Trinajstić information content (AvgIpc) is 2.38. The first-order valence-corrected chi connectivity index (χ1v) is 8.08. The standard InChI is InChI=1S/C15H18Cl3NO/c1-10-3-2-6-15(8-10,9-16)19-14(20)12-5-4-11(17)7-13(12)18/h4-5,7,10H,2-3,6,8-9H2,1H3,(H,19,20). The fourth-order valence-electron chi connectivity index (χ4n) is 2.91. The van der Waals surface area contributed by atoms with Gasteiger partial charge in [0.1, 0.15) is 0 Å². The van der Waals surface area contributed by atoms with E-state index in [1.54, 1.807) is 18.2 Å². The van der Waals surface area contributed by atoms with E-state index in [9.17, 15) is 4.79 Å². The molecule has 0 saturated heterocycles. The summed E-state index contributed by atoms with van der Waals surface area (Å²) in [5.74, 6) is 0.818. The summed E-state index contributed by atoms with van der Waals surface area (Å²) in [5.41, 5.74) is 0.123. The SMILES string of the molecule is CC1CCCC(CCl)(NC(=O)c2ccc(Cl)cc2Cl)C1. The Kier molecular flexibility index (Phi) is 5.22. The minimum absolute atomic E-state index is 0.179. The Bertz CT molecular complexity index is 506. The number of hydrogen-bond donors (Lipinski definition) is 1. The zero-order chi connectivity index (χ0) is 14.8. The fraction of sp³-hybridized carbons (Fsp3) is 0.533. The van der Waals surface area contributed by atoms with Crippen molar-refractivity contribution < 1.29 is 4.79 Å². The number of amides is 1. The van der Waals surface area contributed by atoms with Gasteiger partial charge in [-0.2, -0.15) is 0 Å². The summed E-state index contributed by atoms with van der Waals surface area (Å²) < 4.78 is 0. The summed E-state index contributed by atoms with van der Waals surface area (Å²) in [6.07, 6.45) is 4.10. The molecule has 0 radical (unpaired) electrons. The molecule has 0 aliphatic heterocycles. The number of nitrogens with one attached hydrogen (secondary N) is 1. The van der Waals surface area contributed by atoms with Crippen LogP contribution < -0.4 is 5.32 Å². The number of halogens is 3. The fourth-order valence-corrected chi connectivity index (χ4v) is 3.71. The van der Waals surface area contributed by atoms with Crippen molar-refractivity contribution in [3.8, 4) is 0 Å². The molecule has 1 saturated carbocycles. The van der Waals surface area contributed by atoms with Crippen LogP contribution in [-0.4, -0.2) is 17.3 Å². The van der Waals surface area contributed by atoms with E-state index < -0.39 is 0 Å². The van der Waals surface area contributed by atoms with E-state index in [0.717, 1.165) is 19.3 Å². The first-order chi connectivity index (χ1) is 9.46. The number of benzene rings is 1. The van der Waals surface area contributed by atoms with Gasteiger partial charge in [-0.1, -0.05) is 43.0 Å². The molecule has 2 unspecified atom stereocenters. The van der Waals surface area contributed by atoms with E-state index in [-0.39, 0.29) is 11.4 Å². The molecular formula is C15H18Cl3NO. The quantitative estimate of drug-likeness (QED) is 0.782. The van der Waals surface area contributed by atoms with Gasteiger partial charge in [-0.25, -0.2) is 0 Å².